The number of imidazole rings is 1. The van der Waals surface area contributed by atoms with Crippen molar-refractivity contribution in [3.63, 3.8) is 0 Å². The smallest absolute Gasteiger partial charge is 0.411 e. The molecule has 3 N–H and O–H groups in total. The number of anilines is 1. The van der Waals surface area contributed by atoms with E-state index in [-0.39, 0.29) is 6.04 Å². The summed E-state index contributed by atoms with van der Waals surface area (Å²) in [4.78, 5) is 19.4. The number of halogens is 1. The van der Waals surface area contributed by atoms with Crippen molar-refractivity contribution in [3.8, 4) is 11.3 Å². The highest BCUT2D eigenvalue weighted by atomic mass is 35.5. The van der Waals surface area contributed by atoms with Gasteiger partial charge in [-0.05, 0) is 37.1 Å². The zero-order valence-electron chi connectivity index (χ0n) is 16.1. The number of piperidine rings is 1. The number of methoxy groups -OCH3 is 1. The lowest BCUT2D eigenvalue weighted by atomic mass is 9.84. The fourth-order valence-electron chi connectivity index (χ4n) is 3.82. The van der Waals surface area contributed by atoms with Crippen molar-refractivity contribution < 1.29 is 9.53 Å². The second kappa shape index (κ2) is 8.68. The number of H-pyrrole nitrogens is 1. The number of hydrogen-bond acceptors (Lipinski definition) is 4. The average Bonchev–Trinajstić information content (AvgIpc) is 3.16. The highest BCUT2D eigenvalue weighted by molar-refractivity contribution is 6.31. The molecule has 1 saturated heterocycles. The summed E-state index contributed by atoms with van der Waals surface area (Å²) in [5.41, 5.74) is 3.52. The SMILES string of the molecule is COC(=O)Nc1ccc(-c2nc(C3NCCCC3c3ccccc3)[nH]c2Cl)cc1. The van der Waals surface area contributed by atoms with Crippen LogP contribution in [-0.4, -0.2) is 29.7 Å². The molecule has 0 aliphatic carbocycles. The normalized spacial score (nSPS) is 19.0. The molecule has 0 radical (unpaired) electrons. The van der Waals surface area contributed by atoms with Crippen LogP contribution in [0, 0.1) is 0 Å². The van der Waals surface area contributed by atoms with Crippen LogP contribution in [0.1, 0.15) is 36.2 Å². The number of amides is 1. The maximum Gasteiger partial charge on any atom is 0.411 e. The molecular weight excluding hydrogens is 388 g/mol. The van der Waals surface area contributed by atoms with Gasteiger partial charge in [0.25, 0.3) is 0 Å². The van der Waals surface area contributed by atoms with E-state index in [0.717, 1.165) is 30.8 Å². The van der Waals surface area contributed by atoms with Gasteiger partial charge in [-0.15, -0.1) is 0 Å². The zero-order valence-corrected chi connectivity index (χ0v) is 16.9. The molecule has 0 spiro atoms. The van der Waals surface area contributed by atoms with Crippen LogP contribution in [0.25, 0.3) is 11.3 Å². The fraction of sp³-hybridized carbons (Fsp3) is 0.273. The molecule has 0 saturated carbocycles. The molecule has 4 rings (SSSR count). The van der Waals surface area contributed by atoms with Crippen molar-refractivity contribution in [2.24, 2.45) is 0 Å². The average molecular weight is 411 g/mol. The molecule has 3 aromatic rings. The Bertz CT molecular complexity index is 972. The van der Waals surface area contributed by atoms with Crippen LogP contribution in [0.5, 0.6) is 0 Å². The number of nitrogens with zero attached hydrogens (tertiary/aromatic N) is 1. The maximum atomic E-state index is 11.3. The van der Waals surface area contributed by atoms with Crippen LogP contribution < -0.4 is 10.6 Å². The Balaban J connectivity index is 1.59. The third kappa shape index (κ3) is 4.28. The van der Waals surface area contributed by atoms with Crippen molar-refractivity contribution in [1.29, 1.82) is 0 Å². The van der Waals surface area contributed by atoms with Gasteiger partial charge in [0.05, 0.1) is 13.2 Å². The van der Waals surface area contributed by atoms with Gasteiger partial charge in [0.2, 0.25) is 0 Å². The Morgan fingerprint density at radius 2 is 1.93 bits per heavy atom. The van der Waals surface area contributed by atoms with Crippen molar-refractivity contribution >= 4 is 23.4 Å². The van der Waals surface area contributed by atoms with Gasteiger partial charge < -0.3 is 15.0 Å². The monoisotopic (exact) mass is 410 g/mol. The molecule has 2 heterocycles. The number of benzene rings is 2. The van der Waals surface area contributed by atoms with E-state index >= 15 is 0 Å². The van der Waals surface area contributed by atoms with E-state index in [1.54, 1.807) is 12.1 Å². The molecule has 0 bridgehead atoms. The molecule has 1 fully saturated rings. The summed E-state index contributed by atoms with van der Waals surface area (Å²) in [5, 5.41) is 6.74. The molecule has 1 aliphatic rings. The van der Waals surface area contributed by atoms with Crippen molar-refractivity contribution in [1.82, 2.24) is 15.3 Å². The van der Waals surface area contributed by atoms with E-state index in [1.807, 2.05) is 18.2 Å². The topological polar surface area (TPSA) is 79.0 Å². The first kappa shape index (κ1) is 19.5. The molecular formula is C22H23ClN4O2. The number of hydrogen-bond donors (Lipinski definition) is 3. The van der Waals surface area contributed by atoms with Gasteiger partial charge in [0.15, 0.2) is 0 Å². The number of aromatic amines is 1. The Morgan fingerprint density at radius 1 is 1.17 bits per heavy atom. The first-order chi connectivity index (χ1) is 14.2. The van der Waals surface area contributed by atoms with E-state index < -0.39 is 6.09 Å². The molecule has 1 aliphatic heterocycles. The highest BCUT2D eigenvalue weighted by Gasteiger charge is 2.30. The molecule has 1 aromatic heterocycles. The molecule has 6 nitrogen and oxygen atoms in total. The second-order valence-corrected chi connectivity index (χ2v) is 7.45. The summed E-state index contributed by atoms with van der Waals surface area (Å²) in [6.45, 7) is 0.954. The van der Waals surface area contributed by atoms with Crippen LogP contribution in [-0.2, 0) is 4.74 Å². The Morgan fingerprint density at radius 3 is 2.66 bits per heavy atom. The van der Waals surface area contributed by atoms with E-state index in [2.05, 4.69) is 44.6 Å². The molecule has 150 valence electrons. The summed E-state index contributed by atoms with van der Waals surface area (Å²) < 4.78 is 4.61. The molecule has 2 atom stereocenters. The molecule has 7 heteroatoms. The van der Waals surface area contributed by atoms with E-state index in [0.29, 0.717) is 22.5 Å². The number of carbonyl (C=O) groups is 1. The minimum absolute atomic E-state index is 0.0812. The number of carbonyl (C=O) groups excluding carboxylic acids is 1. The van der Waals surface area contributed by atoms with Gasteiger partial charge in [-0.1, -0.05) is 54.1 Å². The van der Waals surface area contributed by atoms with E-state index in [1.165, 1.54) is 12.7 Å². The third-order valence-electron chi connectivity index (χ3n) is 5.25. The van der Waals surface area contributed by atoms with Crippen LogP contribution in [0.15, 0.2) is 54.6 Å². The van der Waals surface area contributed by atoms with Gasteiger partial charge in [-0.2, -0.15) is 0 Å². The fourth-order valence-corrected chi connectivity index (χ4v) is 4.07. The zero-order chi connectivity index (χ0) is 20.2. The summed E-state index contributed by atoms with van der Waals surface area (Å²) in [5.74, 6) is 1.18. The van der Waals surface area contributed by atoms with Crippen molar-refractivity contribution in [3.05, 3.63) is 71.1 Å². The number of aromatic nitrogens is 2. The Hall–Kier alpha value is -2.83. The quantitative estimate of drug-likeness (QED) is 0.558. The van der Waals surface area contributed by atoms with Gasteiger partial charge in [-0.25, -0.2) is 9.78 Å². The maximum absolute atomic E-state index is 11.3. The van der Waals surface area contributed by atoms with Crippen LogP contribution >= 0.6 is 11.6 Å². The lowest BCUT2D eigenvalue weighted by Crippen LogP contribution is -2.33. The molecule has 1 amide bonds. The summed E-state index contributed by atoms with van der Waals surface area (Å²) in [7, 11) is 1.33. The number of nitrogens with one attached hydrogen (secondary N) is 3. The summed E-state index contributed by atoms with van der Waals surface area (Å²) >= 11 is 6.50. The first-order valence-electron chi connectivity index (χ1n) is 9.65. The van der Waals surface area contributed by atoms with Gasteiger partial charge in [0, 0.05) is 17.2 Å². The molecule has 2 unspecified atom stereocenters. The van der Waals surface area contributed by atoms with Crippen LogP contribution in [0.3, 0.4) is 0 Å². The summed E-state index contributed by atoms with van der Waals surface area (Å²) in [6, 6.07) is 17.9. The van der Waals surface area contributed by atoms with Crippen molar-refractivity contribution in [2.45, 2.75) is 24.8 Å². The van der Waals surface area contributed by atoms with Crippen LogP contribution in [0.4, 0.5) is 10.5 Å². The lowest BCUT2D eigenvalue weighted by Gasteiger charge is -2.31. The number of rotatable bonds is 4. The Labute approximate surface area is 174 Å². The first-order valence-corrected chi connectivity index (χ1v) is 10.0. The molecule has 2 aromatic carbocycles. The largest absolute Gasteiger partial charge is 0.453 e. The minimum Gasteiger partial charge on any atom is -0.453 e. The van der Waals surface area contributed by atoms with Crippen LogP contribution in [0.2, 0.25) is 5.15 Å². The van der Waals surface area contributed by atoms with E-state index in [4.69, 9.17) is 16.6 Å². The van der Waals surface area contributed by atoms with Gasteiger partial charge in [0.1, 0.15) is 16.7 Å². The third-order valence-corrected chi connectivity index (χ3v) is 5.52. The molecule has 29 heavy (non-hydrogen) atoms. The second-order valence-electron chi connectivity index (χ2n) is 7.07. The Kier molecular flexibility index (Phi) is 5.83. The predicted octanol–water partition coefficient (Wildman–Crippen LogP) is 5.12. The highest BCUT2D eigenvalue weighted by Crippen LogP contribution is 2.38. The number of ether oxygens (including phenoxy) is 1. The van der Waals surface area contributed by atoms with E-state index in [9.17, 15) is 4.79 Å². The minimum atomic E-state index is -0.506. The predicted molar refractivity (Wildman–Crippen MR) is 114 cm³/mol. The van der Waals surface area contributed by atoms with Crippen molar-refractivity contribution in [2.75, 3.05) is 19.0 Å². The van der Waals surface area contributed by atoms with Gasteiger partial charge in [-0.3, -0.25) is 5.32 Å². The standard InChI is InChI=1S/C22H23ClN4O2/c1-29-22(28)25-16-11-9-15(10-12-16)18-20(23)27-21(26-18)19-17(8-5-13-24-19)14-6-3-2-4-7-14/h2-4,6-7,9-12,17,19,24H,5,8,13H2,1H3,(H,25,28)(H,26,27). The lowest BCUT2D eigenvalue weighted by molar-refractivity contribution is 0.187. The summed E-state index contributed by atoms with van der Waals surface area (Å²) in [6.07, 6.45) is 1.73. The van der Waals surface area contributed by atoms with Gasteiger partial charge >= 0.3 is 6.09 Å².